The zero-order valence-electron chi connectivity index (χ0n) is 8.40. The molecule has 2 aromatic rings. The first-order valence-corrected chi connectivity index (χ1v) is 5.60. The lowest BCUT2D eigenvalue weighted by Gasteiger charge is -1.98. The zero-order valence-corrected chi connectivity index (χ0v) is 10.6. The van der Waals surface area contributed by atoms with Crippen LogP contribution in [0.25, 0.3) is 10.9 Å². The third kappa shape index (κ3) is 2.34. The van der Waals surface area contributed by atoms with Crippen LogP contribution in [0.4, 0.5) is 5.69 Å². The number of nitriles is 2. The summed E-state index contributed by atoms with van der Waals surface area (Å²) in [5.41, 5.74) is 3.88. The Kier molecular flexibility index (Phi) is 3.21. The Morgan fingerprint density at radius 1 is 1.41 bits per heavy atom. The van der Waals surface area contributed by atoms with Crippen molar-refractivity contribution >= 4 is 44.9 Å². The number of aromatic nitrogens is 2. The standard InChI is InChI=1S/C10H5IN6/c11-10-8-2-1-6(3-9(8)16-17-10)14-15-7(4-12)5-13/h1-3,14H,(H,16,17). The van der Waals surface area contributed by atoms with Crippen LogP contribution in [0.3, 0.4) is 0 Å². The molecule has 0 spiro atoms. The van der Waals surface area contributed by atoms with E-state index in [0.29, 0.717) is 5.69 Å². The van der Waals surface area contributed by atoms with Crippen LogP contribution in [0.2, 0.25) is 0 Å². The molecule has 1 heterocycles. The number of hydrogen-bond acceptors (Lipinski definition) is 5. The van der Waals surface area contributed by atoms with Gasteiger partial charge in [0.25, 0.3) is 0 Å². The van der Waals surface area contributed by atoms with Gasteiger partial charge < -0.3 is 0 Å². The monoisotopic (exact) mass is 336 g/mol. The molecule has 1 aromatic carbocycles. The quantitative estimate of drug-likeness (QED) is 0.497. The summed E-state index contributed by atoms with van der Waals surface area (Å²) in [5.74, 6) is 0. The molecule has 7 heteroatoms. The van der Waals surface area contributed by atoms with Crippen LogP contribution < -0.4 is 5.43 Å². The van der Waals surface area contributed by atoms with Crippen LogP contribution >= 0.6 is 22.6 Å². The number of anilines is 1. The highest BCUT2D eigenvalue weighted by Gasteiger charge is 2.03. The van der Waals surface area contributed by atoms with Crippen LogP contribution in [0.1, 0.15) is 0 Å². The van der Waals surface area contributed by atoms with Crippen molar-refractivity contribution in [1.29, 1.82) is 10.5 Å². The molecule has 0 bridgehead atoms. The molecule has 2 rings (SSSR count). The van der Waals surface area contributed by atoms with E-state index in [9.17, 15) is 0 Å². The minimum atomic E-state index is -0.221. The van der Waals surface area contributed by atoms with Crippen molar-refractivity contribution in [2.24, 2.45) is 5.10 Å². The summed E-state index contributed by atoms with van der Waals surface area (Å²) in [7, 11) is 0. The first-order chi connectivity index (χ1) is 8.24. The van der Waals surface area contributed by atoms with Gasteiger partial charge in [0.2, 0.25) is 5.71 Å². The lowest BCUT2D eigenvalue weighted by Crippen LogP contribution is -1.96. The van der Waals surface area contributed by atoms with E-state index in [1.54, 1.807) is 24.3 Å². The number of nitrogens with zero attached hydrogens (tertiary/aromatic N) is 4. The minimum Gasteiger partial charge on any atom is -0.276 e. The fourth-order valence-corrected chi connectivity index (χ4v) is 1.82. The summed E-state index contributed by atoms with van der Waals surface area (Å²) in [6.07, 6.45) is 0. The maximum absolute atomic E-state index is 8.52. The number of fused-ring (bicyclic) bond motifs is 1. The molecular formula is C10H5IN6. The van der Waals surface area contributed by atoms with Gasteiger partial charge in [0.15, 0.2) is 0 Å². The van der Waals surface area contributed by atoms with Crippen molar-refractivity contribution in [3.8, 4) is 12.1 Å². The predicted molar refractivity (Wildman–Crippen MR) is 71.1 cm³/mol. The number of halogens is 1. The average molecular weight is 336 g/mol. The third-order valence-electron chi connectivity index (χ3n) is 2.02. The van der Waals surface area contributed by atoms with E-state index in [1.807, 2.05) is 6.07 Å². The van der Waals surface area contributed by atoms with Crippen molar-refractivity contribution in [3.63, 3.8) is 0 Å². The zero-order chi connectivity index (χ0) is 12.3. The Bertz CT molecular complexity index is 656. The second-order valence-electron chi connectivity index (χ2n) is 3.07. The number of hydrogen-bond donors (Lipinski definition) is 2. The van der Waals surface area contributed by atoms with Crippen LogP contribution in [-0.4, -0.2) is 15.9 Å². The Hall–Kier alpha value is -2.13. The van der Waals surface area contributed by atoms with Crippen molar-refractivity contribution < 1.29 is 0 Å². The minimum absolute atomic E-state index is 0.221. The van der Waals surface area contributed by atoms with E-state index in [-0.39, 0.29) is 5.71 Å². The summed E-state index contributed by atoms with van der Waals surface area (Å²) in [4.78, 5) is 0. The number of H-pyrrole nitrogens is 1. The van der Waals surface area contributed by atoms with Crippen molar-refractivity contribution in [3.05, 3.63) is 21.9 Å². The number of aromatic amines is 1. The fourth-order valence-electron chi connectivity index (χ4n) is 1.24. The van der Waals surface area contributed by atoms with Crippen molar-refractivity contribution in [2.45, 2.75) is 0 Å². The Morgan fingerprint density at radius 2 is 2.18 bits per heavy atom. The highest BCUT2D eigenvalue weighted by atomic mass is 127. The summed E-state index contributed by atoms with van der Waals surface area (Å²) in [6, 6.07) is 8.80. The molecule has 6 nitrogen and oxygen atoms in total. The maximum atomic E-state index is 8.52. The number of nitrogens with one attached hydrogen (secondary N) is 2. The van der Waals surface area contributed by atoms with Crippen LogP contribution in [0.15, 0.2) is 23.3 Å². The second kappa shape index (κ2) is 4.80. The van der Waals surface area contributed by atoms with Gasteiger partial charge >= 0.3 is 0 Å². The molecule has 0 fully saturated rings. The van der Waals surface area contributed by atoms with E-state index in [4.69, 9.17) is 10.5 Å². The first-order valence-electron chi connectivity index (χ1n) is 4.52. The molecule has 82 valence electrons. The summed E-state index contributed by atoms with van der Waals surface area (Å²) < 4.78 is 0.961. The van der Waals surface area contributed by atoms with E-state index in [0.717, 1.165) is 14.6 Å². The van der Waals surface area contributed by atoms with Crippen molar-refractivity contribution in [2.75, 3.05) is 5.43 Å². The number of rotatable bonds is 2. The lowest BCUT2D eigenvalue weighted by molar-refractivity contribution is 1.09. The number of hydrazone groups is 1. The Balaban J connectivity index is 2.30. The summed E-state index contributed by atoms with van der Waals surface area (Å²) in [5, 5.41) is 28.7. The normalized spacial score (nSPS) is 9.35. The first kappa shape index (κ1) is 11.4. The largest absolute Gasteiger partial charge is 0.276 e. The third-order valence-corrected chi connectivity index (χ3v) is 2.84. The maximum Gasteiger partial charge on any atom is 0.237 e. The molecule has 17 heavy (non-hydrogen) atoms. The van der Waals surface area contributed by atoms with E-state index >= 15 is 0 Å². The second-order valence-corrected chi connectivity index (χ2v) is 4.14. The van der Waals surface area contributed by atoms with Gasteiger partial charge in [-0.15, -0.1) is 0 Å². The highest BCUT2D eigenvalue weighted by Crippen LogP contribution is 2.21. The van der Waals surface area contributed by atoms with Gasteiger partial charge in [0.1, 0.15) is 15.8 Å². The summed E-state index contributed by atoms with van der Waals surface area (Å²) in [6.45, 7) is 0. The molecule has 0 atom stereocenters. The molecule has 0 radical (unpaired) electrons. The fraction of sp³-hybridized carbons (Fsp3) is 0. The van der Waals surface area contributed by atoms with Gasteiger partial charge in [0.05, 0.1) is 11.2 Å². The Morgan fingerprint density at radius 3 is 2.88 bits per heavy atom. The molecule has 0 unspecified atom stereocenters. The van der Waals surface area contributed by atoms with Crippen LogP contribution in [-0.2, 0) is 0 Å². The molecular weight excluding hydrogens is 331 g/mol. The SMILES string of the molecule is N#CC(C#N)=NNc1ccc2c(I)[nH]nc2c1. The highest BCUT2D eigenvalue weighted by molar-refractivity contribution is 14.1. The predicted octanol–water partition coefficient (Wildman–Crippen LogP) is 1.98. The smallest absolute Gasteiger partial charge is 0.237 e. The Labute approximate surface area is 110 Å². The van der Waals surface area contributed by atoms with Gasteiger partial charge in [-0.25, -0.2) is 0 Å². The molecule has 0 saturated carbocycles. The van der Waals surface area contributed by atoms with Crippen molar-refractivity contribution in [1.82, 2.24) is 10.2 Å². The lowest BCUT2D eigenvalue weighted by atomic mass is 10.2. The summed E-state index contributed by atoms with van der Waals surface area (Å²) >= 11 is 2.16. The van der Waals surface area contributed by atoms with Gasteiger partial charge in [-0.05, 0) is 40.8 Å². The average Bonchev–Trinajstić information content (AvgIpc) is 2.72. The van der Waals surface area contributed by atoms with E-state index in [1.165, 1.54) is 0 Å². The molecule has 0 amide bonds. The van der Waals surface area contributed by atoms with Crippen LogP contribution in [0.5, 0.6) is 0 Å². The number of benzene rings is 1. The molecule has 0 saturated heterocycles. The van der Waals surface area contributed by atoms with E-state index < -0.39 is 0 Å². The van der Waals surface area contributed by atoms with Crippen LogP contribution in [0, 0.1) is 26.4 Å². The molecule has 2 N–H and O–H groups in total. The van der Waals surface area contributed by atoms with E-state index in [2.05, 4.69) is 43.3 Å². The molecule has 0 aliphatic heterocycles. The topological polar surface area (TPSA) is 101 Å². The van der Waals surface area contributed by atoms with Gasteiger partial charge in [-0.1, -0.05) is 0 Å². The molecule has 1 aromatic heterocycles. The molecule has 0 aliphatic carbocycles. The van der Waals surface area contributed by atoms with Gasteiger partial charge in [0, 0.05) is 5.39 Å². The van der Waals surface area contributed by atoms with Gasteiger partial charge in [-0.2, -0.15) is 20.7 Å². The molecule has 0 aliphatic rings. The van der Waals surface area contributed by atoms with Gasteiger partial charge in [-0.3, -0.25) is 10.5 Å².